The normalized spacial score (nSPS) is 19.4. The van der Waals surface area contributed by atoms with Crippen LogP contribution >= 0.6 is 0 Å². The van der Waals surface area contributed by atoms with Crippen molar-refractivity contribution in [1.29, 1.82) is 0 Å². The van der Waals surface area contributed by atoms with Crippen LogP contribution in [0.4, 0.5) is 0 Å². The molecule has 4 rings (SSSR count). The number of likely N-dealkylation sites (tertiary alicyclic amines) is 1. The summed E-state index contributed by atoms with van der Waals surface area (Å²) in [5.41, 5.74) is 4.52. The number of amides is 1. The molecule has 0 bridgehead atoms. The van der Waals surface area contributed by atoms with Crippen molar-refractivity contribution in [3.05, 3.63) is 47.0 Å². The van der Waals surface area contributed by atoms with E-state index in [4.69, 9.17) is 5.10 Å². The number of pyridine rings is 1. The van der Waals surface area contributed by atoms with Gasteiger partial charge < -0.3 is 10.2 Å². The lowest BCUT2D eigenvalue weighted by Gasteiger charge is -2.25. The largest absolute Gasteiger partial charge is 0.337 e. The molecule has 162 valence electrons. The molecule has 1 atom stereocenters. The Hall–Kier alpha value is -2.21. The zero-order valence-electron chi connectivity index (χ0n) is 18.3. The number of carbonyl (C=O) groups excluding carboxylic acids is 1. The van der Waals surface area contributed by atoms with E-state index in [0.29, 0.717) is 6.04 Å². The summed E-state index contributed by atoms with van der Waals surface area (Å²) in [6.45, 7) is 5.78. The van der Waals surface area contributed by atoms with E-state index < -0.39 is 0 Å². The molecule has 1 saturated heterocycles. The lowest BCUT2D eigenvalue weighted by molar-refractivity contribution is 0.0753. The summed E-state index contributed by atoms with van der Waals surface area (Å²) in [6.07, 6.45) is 13.5. The lowest BCUT2D eigenvalue weighted by atomic mass is 9.91. The molecule has 1 N–H and O–H groups in total. The van der Waals surface area contributed by atoms with Gasteiger partial charge in [-0.1, -0.05) is 19.8 Å². The summed E-state index contributed by atoms with van der Waals surface area (Å²) in [5, 5.41) is 8.57. The highest BCUT2D eigenvalue weighted by atomic mass is 16.2. The maximum atomic E-state index is 13.4. The smallest absolute Gasteiger partial charge is 0.274 e. The number of hydrogen-bond acceptors (Lipinski definition) is 4. The zero-order valence-corrected chi connectivity index (χ0v) is 18.3. The van der Waals surface area contributed by atoms with Gasteiger partial charge in [0.1, 0.15) is 0 Å². The predicted molar refractivity (Wildman–Crippen MR) is 119 cm³/mol. The minimum Gasteiger partial charge on any atom is -0.337 e. The van der Waals surface area contributed by atoms with Crippen LogP contribution in [0.5, 0.6) is 0 Å². The van der Waals surface area contributed by atoms with E-state index in [1.165, 1.54) is 29.7 Å². The third-order valence-electron chi connectivity index (χ3n) is 6.47. The molecule has 6 heteroatoms. The Morgan fingerprint density at radius 2 is 1.93 bits per heavy atom. The Kier molecular flexibility index (Phi) is 7.16. The molecule has 0 radical (unpaired) electrons. The van der Waals surface area contributed by atoms with Crippen molar-refractivity contribution in [2.24, 2.45) is 0 Å². The van der Waals surface area contributed by atoms with Gasteiger partial charge in [-0.2, -0.15) is 5.10 Å². The first-order chi connectivity index (χ1) is 14.8. The van der Waals surface area contributed by atoms with Crippen molar-refractivity contribution < 1.29 is 4.79 Å². The molecule has 0 saturated carbocycles. The van der Waals surface area contributed by atoms with Crippen LogP contribution < -0.4 is 5.32 Å². The first-order valence-electron chi connectivity index (χ1n) is 11.8. The molecule has 1 amide bonds. The monoisotopic (exact) mass is 409 g/mol. The van der Waals surface area contributed by atoms with E-state index in [0.717, 1.165) is 76.8 Å². The van der Waals surface area contributed by atoms with E-state index in [2.05, 4.69) is 34.0 Å². The Labute approximate surface area is 180 Å². The second-order valence-electron chi connectivity index (χ2n) is 8.70. The molecular formula is C24H35N5O. The number of hydrogen-bond donors (Lipinski definition) is 1. The van der Waals surface area contributed by atoms with Gasteiger partial charge in [-0.15, -0.1) is 0 Å². The summed E-state index contributed by atoms with van der Waals surface area (Å²) >= 11 is 0. The fraction of sp³-hybridized carbons (Fsp3) is 0.625. The van der Waals surface area contributed by atoms with Gasteiger partial charge in [-0.3, -0.25) is 14.5 Å². The number of fused-ring (bicyclic) bond motifs is 1. The summed E-state index contributed by atoms with van der Waals surface area (Å²) in [5.74, 6) is 0.153. The predicted octanol–water partition coefficient (Wildman–Crippen LogP) is 3.39. The van der Waals surface area contributed by atoms with Gasteiger partial charge in [-0.05, 0) is 69.2 Å². The van der Waals surface area contributed by atoms with E-state index in [-0.39, 0.29) is 5.91 Å². The first kappa shape index (κ1) is 21.0. The number of aromatic nitrogens is 3. The highest BCUT2D eigenvalue weighted by Gasteiger charge is 2.31. The van der Waals surface area contributed by atoms with Gasteiger partial charge in [-0.25, -0.2) is 0 Å². The number of nitrogens with one attached hydrogen (secondary N) is 1. The van der Waals surface area contributed by atoms with Crippen LogP contribution in [0.25, 0.3) is 0 Å². The van der Waals surface area contributed by atoms with Gasteiger partial charge in [0, 0.05) is 49.3 Å². The average Bonchev–Trinajstić information content (AvgIpc) is 2.93. The highest BCUT2D eigenvalue weighted by Crippen LogP contribution is 2.27. The van der Waals surface area contributed by atoms with Gasteiger partial charge in [0.25, 0.3) is 5.91 Å². The summed E-state index contributed by atoms with van der Waals surface area (Å²) in [7, 11) is 0. The van der Waals surface area contributed by atoms with E-state index in [1.54, 1.807) is 0 Å². The summed E-state index contributed by atoms with van der Waals surface area (Å²) in [4.78, 5) is 19.5. The van der Waals surface area contributed by atoms with Crippen LogP contribution in [0.2, 0.25) is 0 Å². The lowest BCUT2D eigenvalue weighted by Crippen LogP contribution is -2.37. The molecule has 1 aliphatic carbocycles. The third kappa shape index (κ3) is 4.91. The molecule has 2 aromatic heterocycles. The molecule has 1 fully saturated rings. The number of nitrogens with zero attached hydrogens (tertiary/aromatic N) is 4. The number of carbonyl (C=O) groups is 1. The Balaban J connectivity index is 1.46. The second-order valence-corrected chi connectivity index (χ2v) is 8.70. The van der Waals surface area contributed by atoms with Crippen LogP contribution in [-0.4, -0.2) is 51.2 Å². The molecule has 0 aromatic carbocycles. The SMILES string of the molecule is CCCn1nc(C(=O)N2CCCCCC2)c2c1CCC(NCCc1ccncc1)C2. The van der Waals surface area contributed by atoms with Crippen molar-refractivity contribution in [1.82, 2.24) is 25.0 Å². The van der Waals surface area contributed by atoms with Gasteiger partial charge in [0.2, 0.25) is 0 Å². The van der Waals surface area contributed by atoms with Crippen LogP contribution in [0, 0.1) is 0 Å². The van der Waals surface area contributed by atoms with Crippen molar-refractivity contribution in [2.45, 2.75) is 77.3 Å². The van der Waals surface area contributed by atoms with Crippen molar-refractivity contribution in [3.63, 3.8) is 0 Å². The van der Waals surface area contributed by atoms with Gasteiger partial charge >= 0.3 is 0 Å². The van der Waals surface area contributed by atoms with Gasteiger partial charge in [0.15, 0.2) is 5.69 Å². The molecule has 30 heavy (non-hydrogen) atoms. The first-order valence-corrected chi connectivity index (χ1v) is 11.8. The molecule has 1 unspecified atom stereocenters. The van der Waals surface area contributed by atoms with Crippen LogP contribution in [-0.2, 0) is 25.8 Å². The fourth-order valence-corrected chi connectivity index (χ4v) is 4.82. The topological polar surface area (TPSA) is 63.1 Å². The molecule has 1 aliphatic heterocycles. The van der Waals surface area contributed by atoms with Gasteiger partial charge in [0.05, 0.1) is 0 Å². The standard InChI is InChI=1S/C24H35N5O/c1-2-15-29-22-8-7-20(26-14-11-19-9-12-25-13-10-19)18-21(22)23(27-29)24(30)28-16-5-3-4-6-17-28/h9-10,12-13,20,26H,2-8,11,14-18H2,1H3. The Morgan fingerprint density at radius 3 is 2.67 bits per heavy atom. The van der Waals surface area contributed by atoms with E-state index in [9.17, 15) is 4.79 Å². The quantitative estimate of drug-likeness (QED) is 0.761. The number of rotatable bonds is 7. The zero-order chi connectivity index (χ0) is 20.8. The molecular weight excluding hydrogens is 374 g/mol. The van der Waals surface area contributed by atoms with Crippen LogP contribution in [0.1, 0.15) is 72.8 Å². The average molecular weight is 410 g/mol. The Morgan fingerprint density at radius 1 is 1.17 bits per heavy atom. The number of aryl methyl sites for hydroxylation is 1. The minimum absolute atomic E-state index is 0.153. The molecule has 2 aromatic rings. The van der Waals surface area contributed by atoms with E-state index in [1.807, 2.05) is 17.3 Å². The van der Waals surface area contributed by atoms with Crippen molar-refractivity contribution in [2.75, 3.05) is 19.6 Å². The maximum Gasteiger partial charge on any atom is 0.274 e. The van der Waals surface area contributed by atoms with E-state index >= 15 is 0 Å². The maximum absolute atomic E-state index is 13.4. The molecule has 3 heterocycles. The molecule has 0 spiro atoms. The molecule has 2 aliphatic rings. The van der Waals surface area contributed by atoms with Crippen LogP contribution in [0.3, 0.4) is 0 Å². The Bertz CT molecular complexity index is 824. The van der Waals surface area contributed by atoms with Crippen LogP contribution in [0.15, 0.2) is 24.5 Å². The molecule has 6 nitrogen and oxygen atoms in total. The fourth-order valence-electron chi connectivity index (χ4n) is 4.82. The summed E-state index contributed by atoms with van der Waals surface area (Å²) in [6, 6.07) is 4.56. The van der Waals surface area contributed by atoms with Crippen molar-refractivity contribution in [3.8, 4) is 0 Å². The minimum atomic E-state index is 0.153. The second kappa shape index (κ2) is 10.2. The summed E-state index contributed by atoms with van der Waals surface area (Å²) < 4.78 is 2.12. The highest BCUT2D eigenvalue weighted by molar-refractivity contribution is 5.94. The third-order valence-corrected chi connectivity index (χ3v) is 6.47. The van der Waals surface area contributed by atoms with Crippen molar-refractivity contribution >= 4 is 5.91 Å².